The van der Waals surface area contributed by atoms with Gasteiger partial charge in [0.15, 0.2) is 17.7 Å². The highest BCUT2D eigenvalue weighted by Gasteiger charge is 2.45. The second-order valence-corrected chi connectivity index (χ2v) is 14.7. The van der Waals surface area contributed by atoms with Gasteiger partial charge in [0.1, 0.15) is 60.7 Å². The van der Waals surface area contributed by atoms with Crippen LogP contribution < -0.4 is 27.0 Å². The first-order valence-corrected chi connectivity index (χ1v) is 19.3. The summed E-state index contributed by atoms with van der Waals surface area (Å²) in [6.45, 7) is 5.58. The second kappa shape index (κ2) is 20.1. The van der Waals surface area contributed by atoms with Gasteiger partial charge in [0.25, 0.3) is 11.8 Å². The number of aliphatic imine (C=N–C) groups is 1. The Bertz CT molecular complexity index is 2130. The van der Waals surface area contributed by atoms with Crippen LogP contribution in [0.4, 0.5) is 16.3 Å². The van der Waals surface area contributed by atoms with Crippen molar-refractivity contribution in [2.45, 2.75) is 89.4 Å². The standard InChI is InChI=1S/C38H50N12O11/c1-18(2)27(46-24(52)12-13-50-25(53)10-11-26(50)54)36(58)44-19(3)35(57)45-22-8-6-21(7-9-22)15-60-38(59)49(5)20(4)32(39)47-28-23(14-51)61-37(31(56)30(28)55)48-34-29-33(41-16-40-29)42-17-43-34/h6-11,16-20,23,27-28,30-31,37,51,55-56H,12-15H2,1-5H3,(H2,39,47)(H,44,58)(H,45,57)(H,46,52)(H2,40,41,42,43,48)/t19-,20+,23-,27-,28-,30+,31-,37-/m0/s1. The van der Waals surface area contributed by atoms with Crippen LogP contribution in [0.3, 0.4) is 0 Å². The monoisotopic (exact) mass is 850 g/mol. The van der Waals surface area contributed by atoms with Crippen molar-refractivity contribution in [2.24, 2.45) is 16.6 Å². The number of amidine groups is 1. The van der Waals surface area contributed by atoms with Gasteiger partial charge >= 0.3 is 6.09 Å². The van der Waals surface area contributed by atoms with Crippen LogP contribution >= 0.6 is 0 Å². The topological polar surface area (TPSA) is 329 Å². The number of imidazole rings is 1. The molecule has 3 aromatic rings. The molecular formula is C38H50N12O11. The predicted molar refractivity (Wildman–Crippen MR) is 216 cm³/mol. The van der Waals surface area contributed by atoms with Gasteiger partial charge in [-0.3, -0.25) is 33.9 Å². The number of fused-ring (bicyclic) bond motifs is 1. The van der Waals surface area contributed by atoms with Gasteiger partial charge in [-0.05, 0) is 37.5 Å². The molecule has 6 amide bonds. The second-order valence-electron chi connectivity index (χ2n) is 14.7. The van der Waals surface area contributed by atoms with Crippen LogP contribution in [0.2, 0.25) is 0 Å². The normalized spacial score (nSPS) is 21.8. The molecule has 0 aliphatic carbocycles. The van der Waals surface area contributed by atoms with Gasteiger partial charge < -0.3 is 61.7 Å². The third-order valence-corrected chi connectivity index (χ3v) is 10.1. The van der Waals surface area contributed by atoms with Crippen molar-refractivity contribution in [3.05, 3.63) is 54.6 Å². The van der Waals surface area contributed by atoms with Crippen LogP contribution in [0.1, 0.15) is 39.7 Å². The minimum Gasteiger partial charge on any atom is -0.445 e. The molecule has 1 saturated heterocycles. The molecule has 0 unspecified atom stereocenters. The number of aromatic amines is 1. The Labute approximate surface area is 349 Å². The summed E-state index contributed by atoms with van der Waals surface area (Å²) < 4.78 is 11.3. The molecule has 0 spiro atoms. The van der Waals surface area contributed by atoms with Crippen molar-refractivity contribution in [3.8, 4) is 0 Å². The highest BCUT2D eigenvalue weighted by Crippen LogP contribution is 2.26. The summed E-state index contributed by atoms with van der Waals surface area (Å²) in [5.41, 5.74) is 8.00. The quantitative estimate of drug-likeness (QED) is 0.0423. The number of carbonyl (C=O) groups excluding carboxylic acids is 6. The van der Waals surface area contributed by atoms with E-state index in [1.54, 1.807) is 45.0 Å². The number of hydrogen-bond acceptors (Lipinski definition) is 16. The number of aromatic nitrogens is 4. The fraction of sp³-hybridized carbons (Fsp3) is 0.474. The number of benzene rings is 1. The number of nitrogens with two attached hydrogens (primary N) is 1. The first-order chi connectivity index (χ1) is 29.0. The van der Waals surface area contributed by atoms with Crippen LogP contribution in [0.15, 0.2) is 54.1 Å². The number of amides is 6. The van der Waals surface area contributed by atoms with Crippen LogP contribution in [0.5, 0.6) is 0 Å². The summed E-state index contributed by atoms with van der Waals surface area (Å²) in [5, 5.41) is 42.8. The molecule has 0 bridgehead atoms. The molecule has 1 fully saturated rings. The summed E-state index contributed by atoms with van der Waals surface area (Å²) in [6, 6.07) is 2.32. The molecule has 2 aliphatic heterocycles. The number of H-pyrrole nitrogens is 1. The number of ether oxygens (including phenoxy) is 2. The fourth-order valence-corrected chi connectivity index (χ4v) is 6.22. The van der Waals surface area contributed by atoms with Crippen LogP contribution in [0.25, 0.3) is 11.2 Å². The van der Waals surface area contributed by atoms with Gasteiger partial charge in [0.2, 0.25) is 17.7 Å². The van der Waals surface area contributed by atoms with E-state index in [0.717, 1.165) is 17.1 Å². The summed E-state index contributed by atoms with van der Waals surface area (Å²) >= 11 is 0. The molecule has 328 valence electrons. The van der Waals surface area contributed by atoms with E-state index in [9.17, 15) is 44.1 Å². The zero-order valence-corrected chi connectivity index (χ0v) is 34.0. The highest BCUT2D eigenvalue weighted by atomic mass is 16.6. The number of imide groups is 1. The lowest BCUT2D eigenvalue weighted by molar-refractivity contribution is -0.176. The van der Waals surface area contributed by atoms with Crippen molar-refractivity contribution >= 4 is 64.1 Å². The average Bonchev–Trinajstić information content (AvgIpc) is 3.86. The summed E-state index contributed by atoms with van der Waals surface area (Å²) in [6.07, 6.45) is -1.46. The smallest absolute Gasteiger partial charge is 0.410 e. The molecule has 4 heterocycles. The van der Waals surface area contributed by atoms with Crippen LogP contribution in [-0.4, -0.2) is 155 Å². The number of likely N-dealkylation sites (N-methyl/N-ethyl adjacent to an activating group) is 1. The molecule has 0 radical (unpaired) electrons. The minimum atomic E-state index is -1.55. The van der Waals surface area contributed by atoms with Gasteiger partial charge in [0, 0.05) is 37.9 Å². The third kappa shape index (κ3) is 11.2. The number of aliphatic hydroxyl groups is 3. The molecule has 8 atom stereocenters. The first-order valence-electron chi connectivity index (χ1n) is 19.3. The molecule has 23 nitrogen and oxygen atoms in total. The van der Waals surface area contributed by atoms with Gasteiger partial charge in [-0.1, -0.05) is 26.0 Å². The maximum atomic E-state index is 13.0. The van der Waals surface area contributed by atoms with Crippen molar-refractivity contribution < 1.29 is 53.6 Å². The number of nitrogens with zero attached hydrogens (tertiary/aromatic N) is 6. The maximum absolute atomic E-state index is 13.0. The zero-order valence-electron chi connectivity index (χ0n) is 34.0. The third-order valence-electron chi connectivity index (χ3n) is 10.1. The fourth-order valence-electron chi connectivity index (χ4n) is 6.22. The number of rotatable bonds is 17. The molecule has 2 aromatic heterocycles. The molecule has 1 aromatic carbocycles. The molecule has 5 rings (SSSR count). The molecular weight excluding hydrogens is 800 g/mol. The first kappa shape index (κ1) is 45.5. The van der Waals surface area contributed by atoms with E-state index in [1.807, 2.05) is 0 Å². The molecule has 10 N–H and O–H groups in total. The van der Waals surface area contributed by atoms with Crippen molar-refractivity contribution in [1.29, 1.82) is 0 Å². The van der Waals surface area contributed by atoms with E-state index in [-0.39, 0.29) is 37.1 Å². The maximum Gasteiger partial charge on any atom is 0.410 e. The number of hydrogen-bond donors (Lipinski definition) is 9. The Balaban J connectivity index is 1.07. The van der Waals surface area contributed by atoms with E-state index in [4.69, 9.17) is 15.2 Å². The van der Waals surface area contributed by atoms with Crippen molar-refractivity contribution in [1.82, 2.24) is 40.4 Å². The molecule has 61 heavy (non-hydrogen) atoms. The van der Waals surface area contributed by atoms with E-state index >= 15 is 0 Å². The highest BCUT2D eigenvalue weighted by molar-refractivity contribution is 6.13. The lowest BCUT2D eigenvalue weighted by Gasteiger charge is -2.41. The number of carbonyl (C=O) groups is 6. The summed E-state index contributed by atoms with van der Waals surface area (Å²) in [7, 11) is 1.43. The van der Waals surface area contributed by atoms with E-state index < -0.39 is 90.9 Å². The van der Waals surface area contributed by atoms with Gasteiger partial charge in [-0.2, -0.15) is 0 Å². The summed E-state index contributed by atoms with van der Waals surface area (Å²) in [5.74, 6) is -2.95. The van der Waals surface area contributed by atoms with Crippen LogP contribution in [-0.2, 0) is 40.1 Å². The molecule has 0 saturated carbocycles. The Morgan fingerprint density at radius 1 is 1.00 bits per heavy atom. The average molecular weight is 851 g/mol. The van der Waals surface area contributed by atoms with Gasteiger partial charge in [-0.25, -0.2) is 19.7 Å². The van der Waals surface area contributed by atoms with Gasteiger partial charge in [0.05, 0.1) is 19.0 Å². The number of nitrogens with one attached hydrogen (secondary N) is 5. The lowest BCUT2D eigenvalue weighted by Crippen LogP contribution is -2.60. The van der Waals surface area contributed by atoms with E-state index in [2.05, 4.69) is 46.2 Å². The van der Waals surface area contributed by atoms with Crippen LogP contribution in [0, 0.1) is 5.92 Å². The zero-order chi connectivity index (χ0) is 44.5. The Morgan fingerprint density at radius 2 is 1.69 bits per heavy atom. The van der Waals surface area contributed by atoms with Crippen molar-refractivity contribution in [3.63, 3.8) is 0 Å². The Kier molecular flexibility index (Phi) is 15.0. The molecule has 23 heteroatoms. The number of aliphatic hydroxyl groups excluding tert-OH is 3. The largest absolute Gasteiger partial charge is 0.445 e. The summed E-state index contributed by atoms with van der Waals surface area (Å²) in [4.78, 5) is 96.5. The van der Waals surface area contributed by atoms with E-state index in [0.29, 0.717) is 22.4 Å². The van der Waals surface area contributed by atoms with E-state index in [1.165, 1.54) is 31.5 Å². The lowest BCUT2D eigenvalue weighted by atomic mass is 9.96. The SMILES string of the molecule is CC(C)[C@H](NC(=O)CCN1C(=O)C=CC1=O)C(=O)N[C@@H](C)C(=O)Nc1ccc(COC(=O)N(C)[C@H](C)C(N)=N[C@@H]2[C@@H](O)[C@H](O)[C@@H](Nc3ncnc4nc[nH]c34)O[C@H]2CO)cc1. The Morgan fingerprint density at radius 3 is 2.34 bits per heavy atom. The molecule has 2 aliphatic rings. The predicted octanol–water partition coefficient (Wildman–Crippen LogP) is -1.51. The number of anilines is 2. The Hall–Kier alpha value is -6.56. The minimum absolute atomic E-state index is 0.113. The van der Waals surface area contributed by atoms with Crippen molar-refractivity contribution in [2.75, 3.05) is 30.8 Å². The van der Waals surface area contributed by atoms with Gasteiger partial charge in [-0.15, -0.1) is 0 Å².